The molecule has 5 aliphatic carbocycles. The van der Waals surface area contributed by atoms with E-state index in [0.717, 1.165) is 32.1 Å². The van der Waals surface area contributed by atoms with E-state index in [2.05, 4.69) is 20.8 Å². The number of hydrogen-bond donors (Lipinski definition) is 1. The van der Waals surface area contributed by atoms with Crippen LogP contribution >= 0.6 is 0 Å². The largest absolute Gasteiger partial charge is 0.465 e. The molecule has 55 heavy (non-hydrogen) atoms. The van der Waals surface area contributed by atoms with Crippen molar-refractivity contribution in [2.75, 3.05) is 13.2 Å². The maximum atomic E-state index is 15.3. The van der Waals surface area contributed by atoms with Crippen molar-refractivity contribution in [3.05, 3.63) is 0 Å². The summed E-state index contributed by atoms with van der Waals surface area (Å²) in [4.78, 5) is 70.7. The standard InChI is InChI=1S/C43H60O12/c1-19(51-27-15-21-12-13-41(27,6)39(21,2)3)28-30(36(47)54-35(28)46)43(8,38(49)55-42(7)16-20-14-26(42)23-11-9-10-22(20)23)40(4,5)37(48)53-32-24(17-44)31-29-25(33(32)52-31)18-50-34(29)45/h19-33,44H,9-18H2,1-8H3. The fourth-order valence-corrected chi connectivity index (χ4v) is 14.4. The summed E-state index contributed by atoms with van der Waals surface area (Å²) >= 11 is 0. The fourth-order valence-electron chi connectivity index (χ4n) is 14.4. The third kappa shape index (κ3) is 4.88. The highest BCUT2D eigenvalue weighted by Crippen LogP contribution is 2.67. The van der Waals surface area contributed by atoms with Gasteiger partial charge < -0.3 is 33.5 Å². The zero-order valence-electron chi connectivity index (χ0n) is 33.7. The molecule has 9 aliphatic rings. The van der Waals surface area contributed by atoms with Crippen LogP contribution in [-0.4, -0.2) is 84.3 Å². The van der Waals surface area contributed by atoms with Gasteiger partial charge in [0.25, 0.3) is 0 Å². The fraction of sp³-hybridized carbons (Fsp3) is 0.884. The number of carbonyl (C=O) groups is 5. The molecule has 9 rings (SSSR count). The van der Waals surface area contributed by atoms with Crippen LogP contribution in [-0.2, 0) is 52.4 Å². The average molecular weight is 769 g/mol. The van der Waals surface area contributed by atoms with Crippen LogP contribution in [0, 0.1) is 80.8 Å². The van der Waals surface area contributed by atoms with Crippen LogP contribution in [0.5, 0.6) is 0 Å². The lowest BCUT2D eigenvalue weighted by Gasteiger charge is -2.48. The molecule has 0 aromatic carbocycles. The van der Waals surface area contributed by atoms with E-state index in [4.69, 9.17) is 28.4 Å². The van der Waals surface area contributed by atoms with Gasteiger partial charge in [0.1, 0.15) is 17.8 Å². The molecule has 304 valence electrons. The first-order chi connectivity index (χ1) is 25.8. The second kappa shape index (κ2) is 12.2. The lowest BCUT2D eigenvalue weighted by molar-refractivity contribution is -0.206. The highest BCUT2D eigenvalue weighted by atomic mass is 16.6. The van der Waals surface area contributed by atoms with Gasteiger partial charge >= 0.3 is 29.8 Å². The molecular formula is C43H60O12. The van der Waals surface area contributed by atoms with Crippen molar-refractivity contribution < 1.29 is 57.5 Å². The summed E-state index contributed by atoms with van der Waals surface area (Å²) in [6.07, 6.45) is 4.85. The maximum absolute atomic E-state index is 15.3. The highest BCUT2D eigenvalue weighted by Gasteiger charge is 2.72. The Morgan fingerprint density at radius 1 is 0.927 bits per heavy atom. The van der Waals surface area contributed by atoms with E-state index in [1.165, 1.54) is 12.8 Å². The summed E-state index contributed by atoms with van der Waals surface area (Å²) in [5.74, 6) is -5.56. The van der Waals surface area contributed by atoms with E-state index in [1.54, 1.807) is 27.7 Å². The number of esters is 5. The van der Waals surface area contributed by atoms with E-state index in [0.29, 0.717) is 30.1 Å². The number of aliphatic hydroxyl groups is 1. The van der Waals surface area contributed by atoms with Crippen molar-refractivity contribution in [2.45, 2.75) is 143 Å². The Balaban J connectivity index is 1.05. The molecule has 0 amide bonds. The molecule has 18 atom stereocenters. The van der Waals surface area contributed by atoms with Crippen LogP contribution in [0.4, 0.5) is 0 Å². The zero-order chi connectivity index (χ0) is 39.4. The van der Waals surface area contributed by atoms with Crippen LogP contribution in [0.25, 0.3) is 0 Å². The Labute approximate surface area is 323 Å². The predicted molar refractivity (Wildman–Crippen MR) is 192 cm³/mol. The number of aliphatic hydroxyl groups excluding tert-OH is 1. The van der Waals surface area contributed by atoms with Crippen molar-refractivity contribution >= 4 is 29.8 Å². The second-order valence-corrected chi connectivity index (χ2v) is 20.9. The van der Waals surface area contributed by atoms with Gasteiger partial charge in [-0.15, -0.1) is 0 Å². The van der Waals surface area contributed by atoms with Crippen molar-refractivity contribution in [1.82, 2.24) is 0 Å². The van der Waals surface area contributed by atoms with Crippen LogP contribution in [0.15, 0.2) is 0 Å². The van der Waals surface area contributed by atoms with Gasteiger partial charge in [0.2, 0.25) is 0 Å². The third-order valence-corrected chi connectivity index (χ3v) is 18.5. The van der Waals surface area contributed by atoms with Gasteiger partial charge in [0.15, 0.2) is 0 Å². The maximum Gasteiger partial charge on any atom is 0.320 e. The summed E-state index contributed by atoms with van der Waals surface area (Å²) in [5.41, 5.74) is -4.60. The number of cyclic esters (lactones) is 3. The van der Waals surface area contributed by atoms with Crippen molar-refractivity contribution in [2.24, 2.45) is 80.8 Å². The number of fused-ring (bicyclic) bond motifs is 12. The molecule has 5 saturated carbocycles. The van der Waals surface area contributed by atoms with Crippen LogP contribution in [0.3, 0.4) is 0 Å². The van der Waals surface area contributed by atoms with Crippen molar-refractivity contribution in [3.63, 3.8) is 0 Å². The summed E-state index contributed by atoms with van der Waals surface area (Å²) in [6, 6.07) is 0. The number of carbonyl (C=O) groups excluding carboxylic acids is 5. The number of rotatable bonds is 10. The molecule has 0 radical (unpaired) electrons. The molecule has 0 spiro atoms. The predicted octanol–water partition coefficient (Wildman–Crippen LogP) is 4.80. The molecule has 4 aliphatic heterocycles. The van der Waals surface area contributed by atoms with E-state index in [1.807, 2.05) is 6.92 Å². The van der Waals surface area contributed by atoms with Crippen LogP contribution < -0.4 is 0 Å². The van der Waals surface area contributed by atoms with Gasteiger partial charge in [-0.2, -0.15) is 0 Å². The minimum Gasteiger partial charge on any atom is -0.465 e. The van der Waals surface area contributed by atoms with Crippen molar-refractivity contribution in [1.29, 1.82) is 0 Å². The first-order valence-electron chi connectivity index (χ1n) is 21.1. The first kappa shape index (κ1) is 38.0. The van der Waals surface area contributed by atoms with Crippen LogP contribution in [0.1, 0.15) is 107 Å². The molecule has 0 aromatic heterocycles. The van der Waals surface area contributed by atoms with Crippen molar-refractivity contribution in [3.8, 4) is 0 Å². The Kier molecular flexibility index (Phi) is 8.44. The lowest BCUT2D eigenvalue weighted by Crippen LogP contribution is -2.60. The topological polar surface area (TPSA) is 161 Å². The summed E-state index contributed by atoms with van der Waals surface area (Å²) in [6.45, 7) is 15.0. The van der Waals surface area contributed by atoms with Gasteiger partial charge in [-0.1, -0.05) is 27.2 Å². The van der Waals surface area contributed by atoms with Gasteiger partial charge in [-0.25, -0.2) is 0 Å². The Bertz CT molecular complexity index is 1690. The normalized spacial score (nSPS) is 48.8. The smallest absolute Gasteiger partial charge is 0.320 e. The lowest BCUT2D eigenvalue weighted by atomic mass is 9.56. The Morgan fingerprint density at radius 3 is 2.33 bits per heavy atom. The van der Waals surface area contributed by atoms with E-state index in [-0.39, 0.29) is 41.3 Å². The zero-order valence-corrected chi connectivity index (χ0v) is 33.7. The monoisotopic (exact) mass is 768 g/mol. The minimum absolute atomic E-state index is 0.0368. The molecule has 6 bridgehead atoms. The molecule has 4 saturated heterocycles. The second-order valence-electron chi connectivity index (χ2n) is 20.9. The quantitative estimate of drug-likeness (QED) is 0.184. The third-order valence-electron chi connectivity index (χ3n) is 18.5. The molecule has 18 unspecified atom stereocenters. The van der Waals surface area contributed by atoms with E-state index < -0.39 is 95.0 Å². The first-order valence-corrected chi connectivity index (χ1v) is 21.1. The Morgan fingerprint density at radius 2 is 1.65 bits per heavy atom. The molecule has 1 N–H and O–H groups in total. The molecule has 4 heterocycles. The van der Waals surface area contributed by atoms with Gasteiger partial charge in [0, 0.05) is 17.8 Å². The minimum atomic E-state index is -1.95. The molecular weight excluding hydrogens is 708 g/mol. The van der Waals surface area contributed by atoms with Gasteiger partial charge in [0.05, 0.1) is 60.1 Å². The highest BCUT2D eigenvalue weighted by molar-refractivity contribution is 6.02. The molecule has 12 nitrogen and oxygen atoms in total. The van der Waals surface area contributed by atoms with Gasteiger partial charge in [-0.05, 0) is 114 Å². The number of hydrogen-bond acceptors (Lipinski definition) is 12. The molecule has 9 fully saturated rings. The van der Waals surface area contributed by atoms with E-state index in [9.17, 15) is 24.3 Å². The van der Waals surface area contributed by atoms with Gasteiger partial charge in [-0.3, -0.25) is 24.0 Å². The Hall–Kier alpha value is -2.57. The summed E-state index contributed by atoms with van der Waals surface area (Å²) in [7, 11) is 0. The van der Waals surface area contributed by atoms with Crippen LogP contribution in [0.2, 0.25) is 0 Å². The SMILES string of the molecule is CC(OC1CC2CCC1(C)C2(C)C)C1C(=O)OC(=O)C1C(C)(C(=O)OC1(C)CC2CC1C1CCCC21)C(C)(C)C(=O)OC1C(CO)C2OC1C1COC(=O)C12. The molecule has 12 heteroatoms. The number of ether oxygens (including phenoxy) is 6. The summed E-state index contributed by atoms with van der Waals surface area (Å²) < 4.78 is 36.7. The average Bonchev–Trinajstić information content (AvgIpc) is 3.98. The summed E-state index contributed by atoms with van der Waals surface area (Å²) in [5, 5.41) is 10.5. The molecule has 0 aromatic rings. The van der Waals surface area contributed by atoms with E-state index >= 15 is 4.79 Å².